The lowest BCUT2D eigenvalue weighted by Crippen LogP contribution is -2.46. The minimum Gasteiger partial charge on any atom is -0.495 e. The minimum atomic E-state index is -0.0986. The Morgan fingerprint density at radius 2 is 2.05 bits per heavy atom. The summed E-state index contributed by atoms with van der Waals surface area (Å²) in [5.74, 6) is 0.488. The fraction of sp³-hybridized carbons (Fsp3) is 0.533. The Hall–Kier alpha value is -1.79. The molecule has 3 N–H and O–H groups in total. The summed E-state index contributed by atoms with van der Waals surface area (Å²) in [6.45, 7) is 5.81. The Morgan fingerprint density at radius 1 is 1.33 bits per heavy atom. The van der Waals surface area contributed by atoms with E-state index in [4.69, 9.17) is 10.5 Å². The Kier molecular flexibility index (Phi) is 5.41. The molecule has 1 saturated heterocycles. The van der Waals surface area contributed by atoms with Crippen LogP contribution in [0.25, 0.3) is 0 Å². The first-order valence-corrected chi connectivity index (χ1v) is 7.23. The molecule has 1 amide bonds. The number of carbonyl (C=O) groups excluding carboxylic acids is 1. The average Bonchev–Trinajstić information content (AvgIpc) is 2.49. The molecule has 1 aliphatic rings. The molecule has 2 rings (SSSR count). The number of nitrogens with two attached hydrogens (primary N) is 1. The molecule has 6 heteroatoms. The summed E-state index contributed by atoms with van der Waals surface area (Å²) in [6, 6.07) is 5.08. The van der Waals surface area contributed by atoms with Crippen LogP contribution in [0.3, 0.4) is 0 Å². The van der Waals surface area contributed by atoms with Gasteiger partial charge in [-0.15, -0.1) is 0 Å². The molecule has 0 atom stereocenters. The van der Waals surface area contributed by atoms with Crippen molar-refractivity contribution in [1.82, 2.24) is 15.1 Å². The number of likely N-dealkylation sites (N-methyl/N-ethyl adjacent to an activating group) is 1. The van der Waals surface area contributed by atoms with Gasteiger partial charge in [0.25, 0.3) is 5.91 Å². The summed E-state index contributed by atoms with van der Waals surface area (Å²) < 4.78 is 5.08. The zero-order chi connectivity index (χ0) is 15.2. The van der Waals surface area contributed by atoms with Gasteiger partial charge in [0.2, 0.25) is 0 Å². The largest absolute Gasteiger partial charge is 0.495 e. The molecule has 116 valence electrons. The molecule has 0 aromatic heterocycles. The molecule has 1 fully saturated rings. The van der Waals surface area contributed by atoms with Crippen LogP contribution in [-0.2, 0) is 0 Å². The average molecular weight is 292 g/mol. The molecule has 0 spiro atoms. The number of amides is 1. The summed E-state index contributed by atoms with van der Waals surface area (Å²) >= 11 is 0. The number of anilines is 1. The van der Waals surface area contributed by atoms with Gasteiger partial charge in [0.05, 0.1) is 12.8 Å². The van der Waals surface area contributed by atoms with E-state index >= 15 is 0 Å². The van der Waals surface area contributed by atoms with Crippen molar-refractivity contribution in [2.24, 2.45) is 0 Å². The van der Waals surface area contributed by atoms with E-state index < -0.39 is 0 Å². The molecule has 1 aromatic rings. The number of methoxy groups -OCH3 is 1. The first-order chi connectivity index (χ1) is 10.1. The highest BCUT2D eigenvalue weighted by Gasteiger charge is 2.14. The molecule has 21 heavy (non-hydrogen) atoms. The van der Waals surface area contributed by atoms with Crippen LogP contribution < -0.4 is 15.8 Å². The predicted octanol–water partition coefficient (Wildman–Crippen LogP) is 0.255. The molecule has 0 aliphatic carbocycles. The number of nitrogen functional groups attached to an aromatic ring is 1. The van der Waals surface area contributed by atoms with Gasteiger partial charge in [0.1, 0.15) is 5.75 Å². The van der Waals surface area contributed by atoms with Crippen molar-refractivity contribution < 1.29 is 9.53 Å². The molecule has 0 bridgehead atoms. The highest BCUT2D eigenvalue weighted by Crippen LogP contribution is 2.21. The smallest absolute Gasteiger partial charge is 0.251 e. The van der Waals surface area contributed by atoms with Crippen LogP contribution in [0.15, 0.2) is 18.2 Å². The Morgan fingerprint density at radius 3 is 2.67 bits per heavy atom. The van der Waals surface area contributed by atoms with Gasteiger partial charge in [-0.2, -0.15) is 0 Å². The maximum atomic E-state index is 12.1. The number of hydrogen-bond donors (Lipinski definition) is 2. The van der Waals surface area contributed by atoms with Gasteiger partial charge in [-0.3, -0.25) is 9.69 Å². The standard InChI is InChI=1S/C15H24N4O2/c1-18-7-9-19(10-8-18)6-5-17-15(20)12-3-4-14(21-2)13(16)11-12/h3-4,11H,5-10,16H2,1-2H3,(H,17,20). The lowest BCUT2D eigenvalue weighted by molar-refractivity contribution is 0.0941. The molecule has 1 heterocycles. The third kappa shape index (κ3) is 4.34. The minimum absolute atomic E-state index is 0.0986. The van der Waals surface area contributed by atoms with Crippen molar-refractivity contribution >= 4 is 11.6 Å². The van der Waals surface area contributed by atoms with Gasteiger partial charge in [0.15, 0.2) is 0 Å². The number of carbonyl (C=O) groups is 1. The molecule has 1 aromatic carbocycles. The van der Waals surface area contributed by atoms with Gasteiger partial charge in [0, 0.05) is 44.8 Å². The normalized spacial score (nSPS) is 16.7. The summed E-state index contributed by atoms with van der Waals surface area (Å²) in [6.07, 6.45) is 0. The monoisotopic (exact) mass is 292 g/mol. The third-order valence-corrected chi connectivity index (χ3v) is 3.80. The van der Waals surface area contributed by atoms with Crippen molar-refractivity contribution in [3.8, 4) is 5.75 Å². The number of benzene rings is 1. The van der Waals surface area contributed by atoms with E-state index in [2.05, 4.69) is 22.2 Å². The summed E-state index contributed by atoms with van der Waals surface area (Å²) in [5.41, 5.74) is 6.85. The number of piperazine rings is 1. The Labute approximate surface area is 125 Å². The number of hydrogen-bond acceptors (Lipinski definition) is 5. The van der Waals surface area contributed by atoms with Gasteiger partial charge < -0.3 is 20.7 Å². The van der Waals surface area contributed by atoms with Crippen molar-refractivity contribution in [3.63, 3.8) is 0 Å². The van der Waals surface area contributed by atoms with Gasteiger partial charge in [-0.05, 0) is 25.2 Å². The fourth-order valence-electron chi connectivity index (χ4n) is 2.38. The van der Waals surface area contributed by atoms with E-state index in [9.17, 15) is 4.79 Å². The number of ether oxygens (including phenoxy) is 1. The van der Waals surface area contributed by atoms with Crippen LogP contribution in [0.1, 0.15) is 10.4 Å². The van der Waals surface area contributed by atoms with Gasteiger partial charge in [-0.25, -0.2) is 0 Å². The maximum absolute atomic E-state index is 12.1. The first kappa shape index (κ1) is 15.6. The van der Waals surface area contributed by atoms with Gasteiger partial charge >= 0.3 is 0 Å². The van der Waals surface area contributed by atoms with Crippen molar-refractivity contribution in [2.45, 2.75) is 0 Å². The fourth-order valence-corrected chi connectivity index (χ4v) is 2.38. The Balaban J connectivity index is 1.78. The predicted molar refractivity (Wildman–Crippen MR) is 83.7 cm³/mol. The zero-order valence-corrected chi connectivity index (χ0v) is 12.8. The third-order valence-electron chi connectivity index (χ3n) is 3.80. The zero-order valence-electron chi connectivity index (χ0n) is 12.8. The lowest BCUT2D eigenvalue weighted by atomic mass is 10.1. The lowest BCUT2D eigenvalue weighted by Gasteiger charge is -2.32. The quantitative estimate of drug-likeness (QED) is 0.762. The van der Waals surface area contributed by atoms with Crippen LogP contribution in [0.5, 0.6) is 5.75 Å². The molecular weight excluding hydrogens is 268 g/mol. The maximum Gasteiger partial charge on any atom is 0.251 e. The molecule has 0 unspecified atom stereocenters. The first-order valence-electron chi connectivity index (χ1n) is 7.23. The molecule has 0 radical (unpaired) electrons. The molecule has 1 aliphatic heterocycles. The molecular formula is C15H24N4O2. The van der Waals surface area contributed by atoms with Crippen LogP contribution in [0, 0.1) is 0 Å². The van der Waals surface area contributed by atoms with Crippen LogP contribution >= 0.6 is 0 Å². The second-order valence-corrected chi connectivity index (χ2v) is 5.36. The summed E-state index contributed by atoms with van der Waals surface area (Å²) in [4.78, 5) is 16.7. The van der Waals surface area contributed by atoms with E-state index in [0.717, 1.165) is 32.7 Å². The van der Waals surface area contributed by atoms with Crippen molar-refractivity contribution in [2.75, 3.05) is 59.2 Å². The van der Waals surface area contributed by atoms with E-state index in [1.54, 1.807) is 25.3 Å². The van der Waals surface area contributed by atoms with E-state index in [1.165, 1.54) is 0 Å². The van der Waals surface area contributed by atoms with Crippen LogP contribution in [0.4, 0.5) is 5.69 Å². The van der Waals surface area contributed by atoms with E-state index in [-0.39, 0.29) is 5.91 Å². The number of nitrogens with zero attached hydrogens (tertiary/aromatic N) is 2. The SMILES string of the molecule is COc1ccc(C(=O)NCCN2CCN(C)CC2)cc1N. The van der Waals surface area contributed by atoms with Crippen LogP contribution in [-0.4, -0.2) is 69.1 Å². The Bertz CT molecular complexity index is 485. The van der Waals surface area contributed by atoms with Crippen LogP contribution in [0.2, 0.25) is 0 Å². The van der Waals surface area contributed by atoms with Crippen molar-refractivity contribution in [1.29, 1.82) is 0 Å². The van der Waals surface area contributed by atoms with Crippen molar-refractivity contribution in [3.05, 3.63) is 23.8 Å². The second kappa shape index (κ2) is 7.28. The summed E-state index contributed by atoms with van der Waals surface area (Å²) in [5, 5.41) is 2.93. The molecule has 6 nitrogen and oxygen atoms in total. The molecule has 0 saturated carbocycles. The number of nitrogens with one attached hydrogen (secondary N) is 1. The number of rotatable bonds is 5. The van der Waals surface area contributed by atoms with E-state index in [0.29, 0.717) is 23.5 Å². The van der Waals surface area contributed by atoms with E-state index in [1.807, 2.05) is 0 Å². The summed E-state index contributed by atoms with van der Waals surface area (Å²) in [7, 11) is 3.69. The highest BCUT2D eigenvalue weighted by atomic mass is 16.5. The van der Waals surface area contributed by atoms with Gasteiger partial charge in [-0.1, -0.05) is 0 Å². The topological polar surface area (TPSA) is 70.8 Å². The highest BCUT2D eigenvalue weighted by molar-refractivity contribution is 5.95. The second-order valence-electron chi connectivity index (χ2n) is 5.36.